The number of hydrogen-bond donors (Lipinski definition) is 2. The molecule has 0 bridgehead atoms. The van der Waals surface area contributed by atoms with Crippen LogP contribution in [0.2, 0.25) is 5.02 Å². The summed E-state index contributed by atoms with van der Waals surface area (Å²) in [4.78, 5) is 28.1. The number of nitrogens with zero attached hydrogens (tertiary/aromatic N) is 1. The van der Waals surface area contributed by atoms with Crippen LogP contribution in [0, 0.1) is 0 Å². The van der Waals surface area contributed by atoms with E-state index in [-0.39, 0.29) is 24.8 Å². The molecule has 3 rings (SSSR count). The number of aromatic nitrogens is 1. The summed E-state index contributed by atoms with van der Waals surface area (Å²) in [5.41, 5.74) is 3.57. The lowest BCUT2D eigenvalue weighted by Crippen LogP contribution is -2.27. The van der Waals surface area contributed by atoms with Gasteiger partial charge in [-0.05, 0) is 66.1 Å². The number of hydrogen-bond acceptors (Lipinski definition) is 3. The highest BCUT2D eigenvalue weighted by atomic mass is 35.5. The molecule has 2 aromatic carbocycles. The van der Waals surface area contributed by atoms with Gasteiger partial charge in [0.05, 0.1) is 0 Å². The summed E-state index contributed by atoms with van der Waals surface area (Å²) in [6.45, 7) is 0.257. The molecule has 6 heteroatoms. The molecule has 0 aliphatic heterocycles. The Hall–Kier alpha value is -3.18. The summed E-state index contributed by atoms with van der Waals surface area (Å²) < 4.78 is 0. The van der Waals surface area contributed by atoms with Crippen LogP contribution in [0.15, 0.2) is 73.1 Å². The Balaban J connectivity index is 1.43. The van der Waals surface area contributed by atoms with Gasteiger partial charge in [-0.25, -0.2) is 0 Å². The van der Waals surface area contributed by atoms with Crippen molar-refractivity contribution in [3.8, 4) is 0 Å². The zero-order valence-electron chi connectivity index (χ0n) is 15.2. The van der Waals surface area contributed by atoms with Crippen LogP contribution in [0.1, 0.15) is 27.9 Å². The van der Waals surface area contributed by atoms with Gasteiger partial charge in [-0.2, -0.15) is 0 Å². The second kappa shape index (κ2) is 9.67. The molecule has 0 unspecified atom stereocenters. The molecule has 0 spiro atoms. The van der Waals surface area contributed by atoms with Crippen LogP contribution in [0.25, 0.3) is 0 Å². The van der Waals surface area contributed by atoms with Crippen LogP contribution in [-0.2, 0) is 11.2 Å². The molecule has 0 saturated carbocycles. The van der Waals surface area contributed by atoms with Gasteiger partial charge in [0, 0.05) is 41.6 Å². The molecule has 1 heterocycles. The average molecular weight is 394 g/mol. The maximum absolute atomic E-state index is 12.1. The van der Waals surface area contributed by atoms with E-state index in [1.54, 1.807) is 36.7 Å². The Kier molecular flexibility index (Phi) is 6.76. The van der Waals surface area contributed by atoms with E-state index in [1.165, 1.54) is 5.56 Å². The number of carbonyl (C=O) groups excluding carboxylic acids is 2. The van der Waals surface area contributed by atoms with Crippen LogP contribution in [0.4, 0.5) is 5.69 Å². The predicted molar refractivity (Wildman–Crippen MR) is 111 cm³/mol. The van der Waals surface area contributed by atoms with Crippen molar-refractivity contribution < 1.29 is 9.59 Å². The van der Waals surface area contributed by atoms with Crippen LogP contribution in [0.3, 0.4) is 0 Å². The van der Waals surface area contributed by atoms with Crippen LogP contribution >= 0.6 is 11.6 Å². The molecule has 3 aromatic rings. The monoisotopic (exact) mass is 393 g/mol. The van der Waals surface area contributed by atoms with Gasteiger partial charge in [-0.15, -0.1) is 0 Å². The normalized spacial score (nSPS) is 10.3. The molecule has 0 aliphatic rings. The first-order valence-corrected chi connectivity index (χ1v) is 9.29. The molecule has 142 valence electrons. The fraction of sp³-hybridized carbons (Fsp3) is 0.136. The lowest BCUT2D eigenvalue weighted by Gasteiger charge is -2.08. The van der Waals surface area contributed by atoms with E-state index < -0.39 is 0 Å². The van der Waals surface area contributed by atoms with E-state index >= 15 is 0 Å². The minimum absolute atomic E-state index is 0.154. The van der Waals surface area contributed by atoms with Gasteiger partial charge in [0.25, 0.3) is 5.91 Å². The quantitative estimate of drug-likeness (QED) is 0.635. The molecular weight excluding hydrogens is 374 g/mol. The predicted octanol–water partition coefficient (Wildman–Crippen LogP) is 4.08. The number of carbonyl (C=O) groups is 2. The van der Waals surface area contributed by atoms with E-state index in [2.05, 4.69) is 15.6 Å². The Bertz CT molecular complexity index is 926. The maximum atomic E-state index is 12.1. The van der Waals surface area contributed by atoms with Gasteiger partial charge in [0.2, 0.25) is 5.91 Å². The molecule has 2 amide bonds. The van der Waals surface area contributed by atoms with Crippen molar-refractivity contribution in [2.24, 2.45) is 0 Å². The Morgan fingerprint density at radius 1 is 0.857 bits per heavy atom. The van der Waals surface area contributed by atoms with E-state index in [0.717, 1.165) is 17.7 Å². The molecule has 1 aromatic heterocycles. The second-order valence-electron chi connectivity index (χ2n) is 6.29. The van der Waals surface area contributed by atoms with Crippen molar-refractivity contribution in [2.75, 3.05) is 11.9 Å². The number of pyridine rings is 1. The number of anilines is 1. The Morgan fingerprint density at radius 3 is 2.18 bits per heavy atom. The summed E-state index contributed by atoms with van der Waals surface area (Å²) in [6.07, 6.45) is 4.55. The second-order valence-corrected chi connectivity index (χ2v) is 6.73. The molecule has 0 fully saturated rings. The SMILES string of the molecule is O=C(CCNC(=O)c1ccc(Cl)cc1)Nc1ccc(Cc2ccncc2)cc1. The summed E-state index contributed by atoms with van der Waals surface area (Å²) in [7, 11) is 0. The van der Waals surface area contributed by atoms with Gasteiger partial charge in [0.15, 0.2) is 0 Å². The van der Waals surface area contributed by atoms with Crippen molar-refractivity contribution in [1.29, 1.82) is 0 Å². The third kappa shape index (κ3) is 5.93. The number of rotatable bonds is 7. The smallest absolute Gasteiger partial charge is 0.251 e. The van der Waals surface area contributed by atoms with Crippen molar-refractivity contribution in [2.45, 2.75) is 12.8 Å². The summed E-state index contributed by atoms with van der Waals surface area (Å²) in [6, 6.07) is 18.3. The largest absolute Gasteiger partial charge is 0.352 e. The van der Waals surface area contributed by atoms with Crippen LogP contribution in [-0.4, -0.2) is 23.3 Å². The molecule has 2 N–H and O–H groups in total. The Labute approximate surface area is 168 Å². The minimum Gasteiger partial charge on any atom is -0.352 e. The summed E-state index contributed by atoms with van der Waals surface area (Å²) in [5, 5.41) is 6.13. The zero-order chi connectivity index (χ0) is 19.8. The van der Waals surface area contributed by atoms with Gasteiger partial charge in [0.1, 0.15) is 0 Å². The number of nitrogens with one attached hydrogen (secondary N) is 2. The molecule has 5 nitrogen and oxygen atoms in total. The van der Waals surface area contributed by atoms with Crippen LogP contribution in [0.5, 0.6) is 0 Å². The average Bonchev–Trinajstić information content (AvgIpc) is 2.71. The van der Waals surface area contributed by atoms with Gasteiger partial charge < -0.3 is 10.6 Å². The molecular formula is C22H20ClN3O2. The number of amides is 2. The van der Waals surface area contributed by atoms with E-state index in [9.17, 15) is 9.59 Å². The highest BCUT2D eigenvalue weighted by Crippen LogP contribution is 2.13. The van der Waals surface area contributed by atoms with Crippen LogP contribution < -0.4 is 10.6 Å². The van der Waals surface area contributed by atoms with Gasteiger partial charge in [-0.3, -0.25) is 14.6 Å². The topological polar surface area (TPSA) is 71.1 Å². The van der Waals surface area contributed by atoms with Gasteiger partial charge >= 0.3 is 0 Å². The number of benzene rings is 2. The standard InChI is InChI=1S/C22H20ClN3O2/c23-19-5-3-18(4-6-19)22(28)25-14-11-21(27)26-20-7-1-16(2-8-20)15-17-9-12-24-13-10-17/h1-10,12-13H,11,14-15H2,(H,25,28)(H,26,27). The van der Waals surface area contributed by atoms with Gasteiger partial charge in [-0.1, -0.05) is 23.7 Å². The van der Waals surface area contributed by atoms with E-state index in [4.69, 9.17) is 11.6 Å². The first-order valence-electron chi connectivity index (χ1n) is 8.91. The van der Waals surface area contributed by atoms with Crippen molar-refractivity contribution in [1.82, 2.24) is 10.3 Å². The Morgan fingerprint density at radius 2 is 1.50 bits per heavy atom. The highest BCUT2D eigenvalue weighted by molar-refractivity contribution is 6.30. The summed E-state index contributed by atoms with van der Waals surface area (Å²) >= 11 is 5.80. The van der Waals surface area contributed by atoms with E-state index in [1.807, 2.05) is 36.4 Å². The maximum Gasteiger partial charge on any atom is 0.251 e. The molecule has 0 radical (unpaired) electrons. The molecule has 0 aliphatic carbocycles. The lowest BCUT2D eigenvalue weighted by molar-refractivity contribution is -0.116. The third-order valence-electron chi connectivity index (χ3n) is 4.14. The fourth-order valence-electron chi connectivity index (χ4n) is 2.66. The van der Waals surface area contributed by atoms with Crippen molar-refractivity contribution in [3.63, 3.8) is 0 Å². The first kappa shape index (κ1) is 19.6. The minimum atomic E-state index is -0.232. The number of halogens is 1. The zero-order valence-corrected chi connectivity index (χ0v) is 15.9. The molecule has 28 heavy (non-hydrogen) atoms. The lowest BCUT2D eigenvalue weighted by atomic mass is 10.1. The highest BCUT2D eigenvalue weighted by Gasteiger charge is 2.07. The summed E-state index contributed by atoms with van der Waals surface area (Å²) in [5.74, 6) is -0.386. The van der Waals surface area contributed by atoms with Crippen molar-refractivity contribution >= 4 is 29.1 Å². The fourth-order valence-corrected chi connectivity index (χ4v) is 2.78. The molecule has 0 atom stereocenters. The van der Waals surface area contributed by atoms with E-state index in [0.29, 0.717) is 10.6 Å². The molecule has 0 saturated heterocycles. The van der Waals surface area contributed by atoms with Crippen molar-refractivity contribution in [3.05, 3.63) is 94.8 Å². The first-order chi connectivity index (χ1) is 13.6. The third-order valence-corrected chi connectivity index (χ3v) is 4.39.